The Hall–Kier alpha value is -1.87. The van der Waals surface area contributed by atoms with Gasteiger partial charge < -0.3 is 9.15 Å². The summed E-state index contributed by atoms with van der Waals surface area (Å²) in [6, 6.07) is 11.5. The molecule has 0 radical (unpaired) electrons. The lowest BCUT2D eigenvalue weighted by Gasteiger charge is -2.20. The van der Waals surface area contributed by atoms with Crippen molar-refractivity contribution in [3.63, 3.8) is 0 Å². The summed E-state index contributed by atoms with van der Waals surface area (Å²) in [5.74, 6) is 0.855. The fourth-order valence-corrected chi connectivity index (χ4v) is 2.89. The first-order chi connectivity index (χ1) is 8.81. The van der Waals surface area contributed by atoms with E-state index in [2.05, 4.69) is 0 Å². The second-order valence-corrected chi connectivity index (χ2v) is 4.89. The first-order valence-electron chi connectivity index (χ1n) is 6.15. The molecule has 1 aliphatic heterocycles. The summed E-state index contributed by atoms with van der Waals surface area (Å²) >= 11 is 0. The van der Waals surface area contributed by atoms with Crippen LogP contribution in [0.2, 0.25) is 0 Å². The number of ketones is 1. The summed E-state index contributed by atoms with van der Waals surface area (Å²) in [6.45, 7) is 0. The molecule has 2 atom stereocenters. The van der Waals surface area contributed by atoms with Gasteiger partial charge >= 0.3 is 0 Å². The number of fused-ring (bicyclic) bond motifs is 1. The van der Waals surface area contributed by atoms with Crippen molar-refractivity contribution in [3.8, 4) is 0 Å². The lowest BCUT2D eigenvalue weighted by atomic mass is 9.80. The Bertz CT molecular complexity index is 614. The largest absolute Gasteiger partial charge is 0.466 e. The van der Waals surface area contributed by atoms with Crippen LogP contribution in [0.25, 0.3) is 0 Å². The SMILES string of the molecule is O=C1c2ccccc2CCC12OC2c1ccco1. The molecular weight excluding hydrogens is 228 g/mol. The fraction of sp³-hybridized carbons (Fsp3) is 0.267. The third kappa shape index (κ3) is 1.20. The van der Waals surface area contributed by atoms with E-state index in [1.807, 2.05) is 36.4 Å². The second-order valence-electron chi connectivity index (χ2n) is 4.89. The van der Waals surface area contributed by atoms with Crippen LogP contribution in [-0.4, -0.2) is 11.4 Å². The maximum Gasteiger partial charge on any atom is 0.198 e. The van der Waals surface area contributed by atoms with E-state index >= 15 is 0 Å². The van der Waals surface area contributed by atoms with Crippen LogP contribution in [0.4, 0.5) is 0 Å². The molecule has 0 N–H and O–H groups in total. The van der Waals surface area contributed by atoms with Gasteiger partial charge in [0.05, 0.1) is 6.26 Å². The van der Waals surface area contributed by atoms with E-state index in [1.165, 1.54) is 0 Å². The molecule has 90 valence electrons. The van der Waals surface area contributed by atoms with Crippen LogP contribution in [0.1, 0.15) is 34.2 Å². The summed E-state index contributed by atoms with van der Waals surface area (Å²) < 4.78 is 11.1. The Balaban J connectivity index is 1.73. The fourth-order valence-electron chi connectivity index (χ4n) is 2.89. The van der Waals surface area contributed by atoms with E-state index < -0.39 is 5.60 Å². The van der Waals surface area contributed by atoms with Gasteiger partial charge in [-0.3, -0.25) is 4.79 Å². The van der Waals surface area contributed by atoms with Gasteiger partial charge in [0, 0.05) is 5.56 Å². The molecule has 3 nitrogen and oxygen atoms in total. The monoisotopic (exact) mass is 240 g/mol. The highest BCUT2D eigenvalue weighted by atomic mass is 16.6. The third-order valence-corrected chi connectivity index (χ3v) is 3.91. The third-order valence-electron chi connectivity index (χ3n) is 3.91. The van der Waals surface area contributed by atoms with Gasteiger partial charge in [-0.05, 0) is 30.5 Å². The number of furan rings is 1. The second kappa shape index (κ2) is 3.33. The van der Waals surface area contributed by atoms with E-state index in [4.69, 9.17) is 9.15 Å². The number of epoxide rings is 1. The van der Waals surface area contributed by atoms with Gasteiger partial charge in [-0.2, -0.15) is 0 Å². The van der Waals surface area contributed by atoms with Crippen LogP contribution in [-0.2, 0) is 11.2 Å². The van der Waals surface area contributed by atoms with Gasteiger partial charge in [0.2, 0.25) is 0 Å². The Kier molecular flexibility index (Phi) is 1.87. The minimum absolute atomic E-state index is 0.103. The molecule has 3 heteroatoms. The number of hydrogen-bond donors (Lipinski definition) is 0. The molecular formula is C15H12O3. The zero-order chi connectivity index (χ0) is 12.2. The molecule has 2 aromatic rings. The van der Waals surface area contributed by atoms with Crippen molar-refractivity contribution in [1.29, 1.82) is 0 Å². The van der Waals surface area contributed by atoms with E-state index in [0.29, 0.717) is 0 Å². The number of benzene rings is 1. The van der Waals surface area contributed by atoms with Gasteiger partial charge in [-0.15, -0.1) is 0 Å². The Morgan fingerprint density at radius 1 is 1.17 bits per heavy atom. The quantitative estimate of drug-likeness (QED) is 0.720. The number of aryl methyl sites for hydroxylation is 1. The molecule has 1 spiro atoms. The molecule has 0 amide bonds. The highest BCUT2D eigenvalue weighted by Gasteiger charge is 2.65. The minimum Gasteiger partial charge on any atom is -0.466 e. The molecule has 1 aliphatic carbocycles. The molecule has 18 heavy (non-hydrogen) atoms. The van der Waals surface area contributed by atoms with E-state index in [-0.39, 0.29) is 11.9 Å². The van der Waals surface area contributed by atoms with Crippen LogP contribution in [0.5, 0.6) is 0 Å². The molecule has 2 aliphatic rings. The minimum atomic E-state index is -0.661. The summed E-state index contributed by atoms with van der Waals surface area (Å²) in [4.78, 5) is 12.5. The van der Waals surface area contributed by atoms with Gasteiger partial charge in [-0.1, -0.05) is 24.3 Å². The Morgan fingerprint density at radius 3 is 2.89 bits per heavy atom. The average molecular weight is 240 g/mol. The zero-order valence-corrected chi connectivity index (χ0v) is 9.76. The molecule has 2 unspecified atom stereocenters. The molecule has 1 fully saturated rings. The van der Waals surface area contributed by atoms with Crippen molar-refractivity contribution in [3.05, 3.63) is 59.5 Å². The van der Waals surface area contributed by atoms with Crippen LogP contribution in [0.3, 0.4) is 0 Å². The van der Waals surface area contributed by atoms with Crippen molar-refractivity contribution in [2.45, 2.75) is 24.5 Å². The van der Waals surface area contributed by atoms with Crippen LogP contribution < -0.4 is 0 Å². The van der Waals surface area contributed by atoms with Crippen molar-refractivity contribution in [2.75, 3.05) is 0 Å². The van der Waals surface area contributed by atoms with Gasteiger partial charge in [-0.25, -0.2) is 0 Å². The molecule has 2 heterocycles. The van der Waals surface area contributed by atoms with Crippen LogP contribution in [0, 0.1) is 0 Å². The van der Waals surface area contributed by atoms with Crippen molar-refractivity contribution < 1.29 is 13.9 Å². The standard InChI is InChI=1S/C15H12O3/c16-13-11-5-2-1-4-10(11)7-8-15(13)14(18-15)12-6-3-9-17-12/h1-6,9,14H,7-8H2. The molecule has 4 rings (SSSR count). The van der Waals surface area contributed by atoms with Gasteiger partial charge in [0.15, 0.2) is 17.5 Å². The number of hydrogen-bond acceptors (Lipinski definition) is 3. The number of rotatable bonds is 1. The van der Waals surface area contributed by atoms with Crippen molar-refractivity contribution in [1.82, 2.24) is 0 Å². The highest BCUT2D eigenvalue weighted by molar-refractivity contribution is 6.06. The summed E-state index contributed by atoms with van der Waals surface area (Å²) in [5, 5.41) is 0. The van der Waals surface area contributed by atoms with Crippen LogP contribution in [0.15, 0.2) is 47.1 Å². The molecule has 0 bridgehead atoms. The van der Waals surface area contributed by atoms with E-state index in [1.54, 1.807) is 6.26 Å². The number of ether oxygens (including phenoxy) is 1. The lowest BCUT2D eigenvalue weighted by molar-refractivity contribution is 0.0850. The van der Waals surface area contributed by atoms with Crippen LogP contribution >= 0.6 is 0 Å². The first kappa shape index (κ1) is 10.1. The maximum atomic E-state index is 12.5. The normalized spacial score (nSPS) is 29.3. The first-order valence-corrected chi connectivity index (χ1v) is 6.15. The zero-order valence-electron chi connectivity index (χ0n) is 9.76. The van der Waals surface area contributed by atoms with E-state index in [0.717, 1.165) is 29.7 Å². The van der Waals surface area contributed by atoms with Crippen molar-refractivity contribution >= 4 is 5.78 Å². The Labute approximate surface area is 104 Å². The average Bonchev–Trinajstić information content (AvgIpc) is 2.87. The Morgan fingerprint density at radius 2 is 2.06 bits per heavy atom. The molecule has 0 saturated carbocycles. The number of carbonyl (C=O) groups is 1. The van der Waals surface area contributed by atoms with Gasteiger partial charge in [0.25, 0.3) is 0 Å². The van der Waals surface area contributed by atoms with E-state index in [9.17, 15) is 4.79 Å². The predicted molar refractivity (Wildman–Crippen MR) is 64.4 cm³/mol. The summed E-state index contributed by atoms with van der Waals surface area (Å²) in [5.41, 5.74) is 1.27. The maximum absolute atomic E-state index is 12.5. The number of carbonyl (C=O) groups excluding carboxylic acids is 1. The number of Topliss-reactive ketones (excluding diaryl/α,β-unsaturated/α-hetero) is 1. The molecule has 1 aromatic carbocycles. The molecule has 1 aromatic heterocycles. The topological polar surface area (TPSA) is 42.7 Å². The summed E-state index contributed by atoms with van der Waals surface area (Å²) in [6.07, 6.45) is 3.05. The lowest BCUT2D eigenvalue weighted by Crippen LogP contribution is -2.31. The van der Waals surface area contributed by atoms with Crippen molar-refractivity contribution in [2.24, 2.45) is 0 Å². The summed E-state index contributed by atoms with van der Waals surface area (Å²) in [7, 11) is 0. The predicted octanol–water partition coefficient (Wildman–Crippen LogP) is 2.92. The molecule has 1 saturated heterocycles. The smallest absolute Gasteiger partial charge is 0.198 e. The highest BCUT2D eigenvalue weighted by Crippen LogP contribution is 2.56. The van der Waals surface area contributed by atoms with Gasteiger partial charge in [0.1, 0.15) is 5.76 Å².